The molecule has 1 atom stereocenters. The normalized spacial score (nSPS) is 16.4. The number of ketones is 1. The Morgan fingerprint density at radius 3 is 1.98 bits per heavy atom. The van der Waals surface area contributed by atoms with Gasteiger partial charge in [0, 0.05) is 11.3 Å². The number of benzene rings is 4. The van der Waals surface area contributed by atoms with Crippen LogP contribution in [0.15, 0.2) is 115 Å². The number of para-hydroxylation sites is 1. The maximum Gasteiger partial charge on any atom is 0.300 e. The zero-order valence-electron chi connectivity index (χ0n) is 22.5. The molecular weight excluding hydrogens is 502 g/mol. The minimum Gasteiger partial charge on any atom is -0.507 e. The van der Waals surface area contributed by atoms with E-state index in [0.717, 1.165) is 5.56 Å². The molecule has 1 aliphatic rings. The lowest BCUT2D eigenvalue weighted by Gasteiger charge is -2.25. The molecule has 1 saturated heterocycles. The Balaban J connectivity index is 1.50. The standard InChI is InChI=1S/C34H31NO5/c1-23(2)21-39-28-19-15-26(16-20-28)32(36)30-31(35(34(38)33(30)37)27-11-7-4-8-12-27)25-13-17-29(18-14-25)40-22-24-9-5-3-6-10-24/h3-20,23,31,36H,21-22H2,1-2H3/b32-30-. The first-order chi connectivity index (χ1) is 19.4. The number of aliphatic hydroxyl groups excluding tert-OH is 1. The minimum absolute atomic E-state index is 0.0302. The van der Waals surface area contributed by atoms with Gasteiger partial charge >= 0.3 is 0 Å². The summed E-state index contributed by atoms with van der Waals surface area (Å²) in [5.41, 5.74) is 2.74. The van der Waals surface area contributed by atoms with Crippen LogP contribution in [0.2, 0.25) is 0 Å². The second kappa shape index (κ2) is 11.9. The highest BCUT2D eigenvalue weighted by molar-refractivity contribution is 6.51. The van der Waals surface area contributed by atoms with Gasteiger partial charge in [-0.15, -0.1) is 0 Å². The Hall–Kier alpha value is -4.84. The Kier molecular flexibility index (Phi) is 7.97. The van der Waals surface area contributed by atoms with Gasteiger partial charge in [0.1, 0.15) is 23.9 Å². The lowest BCUT2D eigenvalue weighted by Crippen LogP contribution is -2.29. The van der Waals surface area contributed by atoms with Crippen molar-refractivity contribution in [3.05, 3.63) is 131 Å². The van der Waals surface area contributed by atoms with Gasteiger partial charge in [0.15, 0.2) is 0 Å². The fourth-order valence-electron chi connectivity index (χ4n) is 4.62. The van der Waals surface area contributed by atoms with E-state index in [-0.39, 0.29) is 11.3 Å². The fraction of sp³-hybridized carbons (Fsp3) is 0.176. The van der Waals surface area contributed by atoms with Crippen LogP contribution in [0, 0.1) is 5.92 Å². The first-order valence-electron chi connectivity index (χ1n) is 13.3. The molecule has 5 rings (SSSR count). The average Bonchev–Trinajstić information content (AvgIpc) is 3.26. The first kappa shape index (κ1) is 26.8. The third-order valence-corrected chi connectivity index (χ3v) is 6.63. The molecule has 4 aromatic rings. The van der Waals surface area contributed by atoms with Crippen molar-refractivity contribution in [2.45, 2.75) is 26.5 Å². The van der Waals surface area contributed by atoms with Gasteiger partial charge in [0.25, 0.3) is 11.7 Å². The number of carbonyl (C=O) groups is 2. The highest BCUT2D eigenvalue weighted by Gasteiger charge is 2.46. The number of ether oxygens (including phenoxy) is 2. The smallest absolute Gasteiger partial charge is 0.300 e. The van der Waals surface area contributed by atoms with E-state index in [1.807, 2.05) is 72.8 Å². The molecule has 1 amide bonds. The van der Waals surface area contributed by atoms with Crippen molar-refractivity contribution in [1.29, 1.82) is 0 Å². The van der Waals surface area contributed by atoms with Crippen molar-refractivity contribution in [2.75, 3.05) is 11.5 Å². The number of hydrogen-bond donors (Lipinski definition) is 1. The van der Waals surface area contributed by atoms with Crippen LogP contribution in [-0.2, 0) is 16.2 Å². The number of Topliss-reactive ketones (excluding diaryl/α,β-unsaturated/α-hetero) is 1. The first-order valence-corrected chi connectivity index (χ1v) is 13.3. The van der Waals surface area contributed by atoms with Gasteiger partial charge in [-0.05, 0) is 65.6 Å². The molecule has 0 spiro atoms. The number of amides is 1. The topological polar surface area (TPSA) is 76.1 Å². The van der Waals surface area contributed by atoms with E-state index in [0.29, 0.717) is 47.4 Å². The highest BCUT2D eigenvalue weighted by Crippen LogP contribution is 2.42. The summed E-state index contributed by atoms with van der Waals surface area (Å²) in [5.74, 6) is 0.0209. The Bertz CT molecular complexity index is 1490. The Morgan fingerprint density at radius 1 is 0.775 bits per heavy atom. The second-order valence-electron chi connectivity index (χ2n) is 10.1. The van der Waals surface area contributed by atoms with Gasteiger partial charge in [-0.1, -0.05) is 74.5 Å². The molecule has 0 aliphatic carbocycles. The van der Waals surface area contributed by atoms with E-state index >= 15 is 0 Å². The predicted molar refractivity (Wildman–Crippen MR) is 155 cm³/mol. The molecule has 40 heavy (non-hydrogen) atoms. The molecule has 0 radical (unpaired) electrons. The van der Waals surface area contributed by atoms with Gasteiger partial charge in [0.05, 0.1) is 18.2 Å². The number of carbonyl (C=O) groups excluding carboxylic acids is 2. The summed E-state index contributed by atoms with van der Waals surface area (Å²) in [6.07, 6.45) is 0. The van der Waals surface area contributed by atoms with Crippen LogP contribution in [0.5, 0.6) is 11.5 Å². The van der Waals surface area contributed by atoms with Crippen LogP contribution in [0.1, 0.15) is 36.6 Å². The van der Waals surface area contributed by atoms with Crippen molar-refractivity contribution < 1.29 is 24.2 Å². The number of nitrogens with zero attached hydrogens (tertiary/aromatic N) is 1. The van der Waals surface area contributed by atoms with Crippen molar-refractivity contribution in [3.63, 3.8) is 0 Å². The molecule has 0 bridgehead atoms. The SMILES string of the molecule is CC(C)COc1ccc(/C(O)=C2/C(=O)C(=O)N(c3ccccc3)C2c2ccc(OCc3ccccc3)cc2)cc1. The number of anilines is 1. The van der Waals surface area contributed by atoms with Crippen molar-refractivity contribution in [2.24, 2.45) is 5.92 Å². The molecular formula is C34H31NO5. The average molecular weight is 534 g/mol. The fourth-order valence-corrected chi connectivity index (χ4v) is 4.62. The summed E-state index contributed by atoms with van der Waals surface area (Å²) in [6, 6.07) is 32.2. The van der Waals surface area contributed by atoms with Crippen LogP contribution in [0.25, 0.3) is 5.76 Å². The maximum absolute atomic E-state index is 13.4. The number of hydrogen-bond acceptors (Lipinski definition) is 5. The van der Waals surface area contributed by atoms with Gasteiger partial charge in [0.2, 0.25) is 0 Å². The van der Waals surface area contributed by atoms with E-state index in [1.165, 1.54) is 4.90 Å². The molecule has 1 heterocycles. The Morgan fingerprint density at radius 2 is 1.35 bits per heavy atom. The van der Waals surface area contributed by atoms with E-state index in [9.17, 15) is 14.7 Å². The van der Waals surface area contributed by atoms with Crippen LogP contribution < -0.4 is 14.4 Å². The summed E-state index contributed by atoms with van der Waals surface area (Å²) < 4.78 is 11.7. The molecule has 4 aromatic carbocycles. The second-order valence-corrected chi connectivity index (χ2v) is 10.1. The molecule has 202 valence electrons. The molecule has 1 N–H and O–H groups in total. The summed E-state index contributed by atoms with van der Waals surface area (Å²) in [7, 11) is 0. The Labute approximate surface area is 234 Å². The van der Waals surface area contributed by atoms with E-state index in [4.69, 9.17) is 9.47 Å². The summed E-state index contributed by atoms with van der Waals surface area (Å²) >= 11 is 0. The maximum atomic E-state index is 13.4. The number of rotatable bonds is 9. The van der Waals surface area contributed by atoms with Crippen molar-refractivity contribution in [3.8, 4) is 11.5 Å². The zero-order valence-corrected chi connectivity index (χ0v) is 22.5. The minimum atomic E-state index is -0.817. The van der Waals surface area contributed by atoms with Crippen molar-refractivity contribution >= 4 is 23.1 Å². The van der Waals surface area contributed by atoms with Crippen LogP contribution in [0.4, 0.5) is 5.69 Å². The zero-order chi connectivity index (χ0) is 28.1. The molecule has 1 unspecified atom stereocenters. The third kappa shape index (κ3) is 5.76. The van der Waals surface area contributed by atoms with Crippen LogP contribution in [0.3, 0.4) is 0 Å². The van der Waals surface area contributed by atoms with Gasteiger partial charge in [-0.3, -0.25) is 14.5 Å². The highest BCUT2D eigenvalue weighted by atomic mass is 16.5. The summed E-state index contributed by atoms with van der Waals surface area (Å²) in [6.45, 7) is 5.11. The van der Waals surface area contributed by atoms with Crippen LogP contribution in [-0.4, -0.2) is 23.4 Å². The van der Waals surface area contributed by atoms with Gasteiger partial charge in [-0.2, -0.15) is 0 Å². The largest absolute Gasteiger partial charge is 0.507 e. The van der Waals surface area contributed by atoms with Gasteiger partial charge in [-0.25, -0.2) is 0 Å². The monoisotopic (exact) mass is 533 g/mol. The molecule has 0 aromatic heterocycles. The molecule has 1 fully saturated rings. The van der Waals surface area contributed by atoms with E-state index in [1.54, 1.807) is 36.4 Å². The lowest BCUT2D eigenvalue weighted by molar-refractivity contribution is -0.132. The van der Waals surface area contributed by atoms with Gasteiger partial charge < -0.3 is 14.6 Å². The summed E-state index contributed by atoms with van der Waals surface area (Å²) in [5, 5.41) is 11.4. The molecule has 0 saturated carbocycles. The lowest BCUT2D eigenvalue weighted by atomic mass is 9.95. The van der Waals surface area contributed by atoms with E-state index in [2.05, 4.69) is 13.8 Å². The number of aliphatic hydroxyl groups is 1. The predicted octanol–water partition coefficient (Wildman–Crippen LogP) is 6.93. The van der Waals surface area contributed by atoms with E-state index < -0.39 is 17.7 Å². The summed E-state index contributed by atoms with van der Waals surface area (Å²) in [4.78, 5) is 28.2. The molecule has 6 heteroatoms. The van der Waals surface area contributed by atoms with Crippen LogP contribution >= 0.6 is 0 Å². The quantitative estimate of drug-likeness (QED) is 0.143. The molecule has 6 nitrogen and oxygen atoms in total. The third-order valence-electron chi connectivity index (χ3n) is 6.63. The van der Waals surface area contributed by atoms with Crippen molar-refractivity contribution in [1.82, 2.24) is 0 Å². The molecule has 1 aliphatic heterocycles.